The highest BCUT2D eigenvalue weighted by Gasteiger charge is 2.18. The molecule has 0 aliphatic carbocycles. The quantitative estimate of drug-likeness (QED) is 0.459. The summed E-state index contributed by atoms with van der Waals surface area (Å²) in [6.07, 6.45) is 3.50. The molecule has 30 heavy (non-hydrogen) atoms. The van der Waals surface area contributed by atoms with Crippen molar-refractivity contribution in [1.82, 2.24) is 15.1 Å². The molecular weight excluding hydrogens is 398 g/mol. The fraction of sp³-hybridized carbons (Fsp3) is 0.333. The Labute approximate surface area is 183 Å². The van der Waals surface area contributed by atoms with Crippen LogP contribution in [0.4, 0.5) is 0 Å². The van der Waals surface area contributed by atoms with E-state index in [0.29, 0.717) is 22.4 Å². The average Bonchev–Trinajstić information content (AvgIpc) is 3.25. The molecule has 2 aromatic carbocycles. The highest BCUT2D eigenvalue weighted by Crippen LogP contribution is 2.23. The van der Waals surface area contributed by atoms with Gasteiger partial charge < -0.3 is 10.1 Å². The van der Waals surface area contributed by atoms with Gasteiger partial charge in [0.25, 0.3) is 5.91 Å². The van der Waals surface area contributed by atoms with Crippen molar-refractivity contribution in [3.8, 4) is 5.75 Å². The summed E-state index contributed by atoms with van der Waals surface area (Å²) in [5.41, 5.74) is 2.87. The molecule has 1 aromatic heterocycles. The van der Waals surface area contributed by atoms with Gasteiger partial charge in [-0.2, -0.15) is 5.10 Å². The van der Waals surface area contributed by atoms with Crippen molar-refractivity contribution >= 4 is 17.5 Å². The van der Waals surface area contributed by atoms with Crippen molar-refractivity contribution in [1.29, 1.82) is 0 Å². The maximum atomic E-state index is 12.9. The van der Waals surface area contributed by atoms with Gasteiger partial charge in [-0.1, -0.05) is 56.6 Å². The largest absolute Gasteiger partial charge is 0.471 e. The van der Waals surface area contributed by atoms with Crippen molar-refractivity contribution in [2.75, 3.05) is 0 Å². The van der Waals surface area contributed by atoms with E-state index in [9.17, 15) is 4.79 Å². The van der Waals surface area contributed by atoms with E-state index in [1.807, 2.05) is 0 Å². The van der Waals surface area contributed by atoms with Crippen molar-refractivity contribution in [2.24, 2.45) is 0 Å². The van der Waals surface area contributed by atoms with E-state index in [2.05, 4.69) is 55.5 Å². The van der Waals surface area contributed by atoms with Gasteiger partial charge in [-0.05, 0) is 60.2 Å². The number of nitrogens with one attached hydrogen (secondary N) is 1. The van der Waals surface area contributed by atoms with Crippen LogP contribution in [-0.2, 0) is 6.73 Å². The van der Waals surface area contributed by atoms with Crippen LogP contribution in [0.5, 0.6) is 5.75 Å². The minimum Gasteiger partial charge on any atom is -0.471 e. The lowest BCUT2D eigenvalue weighted by molar-refractivity contribution is 0.0914. The number of hydrogen-bond acceptors (Lipinski definition) is 3. The topological polar surface area (TPSA) is 56.2 Å². The lowest BCUT2D eigenvalue weighted by atomic mass is 9.95. The highest BCUT2D eigenvalue weighted by atomic mass is 35.5. The maximum Gasteiger partial charge on any atom is 0.270 e. The molecule has 1 heterocycles. The van der Waals surface area contributed by atoms with Gasteiger partial charge in [0.2, 0.25) is 0 Å². The molecule has 2 atom stereocenters. The number of benzene rings is 2. The summed E-state index contributed by atoms with van der Waals surface area (Å²) in [6.45, 7) is 6.61. The van der Waals surface area contributed by atoms with Crippen LogP contribution in [-0.4, -0.2) is 15.7 Å². The van der Waals surface area contributed by atoms with E-state index < -0.39 is 0 Å². The molecule has 0 fully saturated rings. The standard InChI is InChI=1S/C24H28ClN3O2/c1-4-17(3)18-6-8-19(9-7-18)22(5-2)27-24(29)23-14-15-26-28(23)16-30-21-12-10-20(25)11-13-21/h6-15,17,22H,4-5,16H2,1-3H3,(H,27,29). The molecule has 2 unspecified atom stereocenters. The number of rotatable bonds is 9. The molecule has 1 N–H and O–H groups in total. The molecule has 0 spiro atoms. The first-order chi connectivity index (χ1) is 14.5. The summed E-state index contributed by atoms with van der Waals surface area (Å²) in [6, 6.07) is 17.2. The Kier molecular flexibility index (Phi) is 7.52. The van der Waals surface area contributed by atoms with Crippen LogP contribution < -0.4 is 10.1 Å². The first-order valence-electron chi connectivity index (χ1n) is 10.3. The Morgan fingerprint density at radius 1 is 1.03 bits per heavy atom. The summed E-state index contributed by atoms with van der Waals surface area (Å²) < 4.78 is 7.26. The maximum absolute atomic E-state index is 12.9. The molecule has 0 radical (unpaired) electrons. The zero-order valence-electron chi connectivity index (χ0n) is 17.6. The number of amides is 1. The van der Waals surface area contributed by atoms with E-state index >= 15 is 0 Å². The van der Waals surface area contributed by atoms with Crippen LogP contribution in [0.3, 0.4) is 0 Å². The number of carbonyl (C=O) groups is 1. The monoisotopic (exact) mass is 425 g/mol. The van der Waals surface area contributed by atoms with Gasteiger partial charge in [-0.15, -0.1) is 0 Å². The molecule has 0 aliphatic heterocycles. The van der Waals surface area contributed by atoms with E-state index in [0.717, 1.165) is 18.4 Å². The molecule has 1 amide bonds. The van der Waals surface area contributed by atoms with Crippen LogP contribution in [0, 0.1) is 0 Å². The predicted octanol–water partition coefficient (Wildman–Crippen LogP) is 5.97. The molecule has 158 valence electrons. The summed E-state index contributed by atoms with van der Waals surface area (Å²) in [5, 5.41) is 7.99. The first-order valence-corrected chi connectivity index (χ1v) is 10.7. The molecule has 3 aromatic rings. The van der Waals surface area contributed by atoms with Crippen molar-refractivity contribution in [3.05, 3.63) is 82.6 Å². The normalized spacial score (nSPS) is 12.9. The smallest absolute Gasteiger partial charge is 0.270 e. The van der Waals surface area contributed by atoms with Crippen LogP contribution in [0.2, 0.25) is 5.02 Å². The van der Waals surface area contributed by atoms with Gasteiger partial charge in [0.15, 0.2) is 6.73 Å². The minimum absolute atomic E-state index is 0.0657. The lowest BCUT2D eigenvalue weighted by Crippen LogP contribution is -2.30. The van der Waals surface area contributed by atoms with Gasteiger partial charge in [0.1, 0.15) is 11.4 Å². The Morgan fingerprint density at radius 3 is 2.33 bits per heavy atom. The van der Waals surface area contributed by atoms with E-state index in [4.69, 9.17) is 16.3 Å². The van der Waals surface area contributed by atoms with Gasteiger partial charge in [-0.3, -0.25) is 4.79 Å². The number of hydrogen-bond donors (Lipinski definition) is 1. The number of aromatic nitrogens is 2. The zero-order valence-corrected chi connectivity index (χ0v) is 18.4. The van der Waals surface area contributed by atoms with E-state index in [1.54, 1.807) is 41.2 Å². The van der Waals surface area contributed by atoms with Crippen LogP contribution >= 0.6 is 11.6 Å². The summed E-state index contributed by atoms with van der Waals surface area (Å²) in [4.78, 5) is 12.9. The van der Waals surface area contributed by atoms with Crippen molar-refractivity contribution in [3.63, 3.8) is 0 Å². The van der Waals surface area contributed by atoms with Gasteiger partial charge in [0.05, 0.1) is 6.04 Å². The number of halogens is 1. The van der Waals surface area contributed by atoms with Gasteiger partial charge in [0, 0.05) is 11.2 Å². The fourth-order valence-corrected chi connectivity index (χ4v) is 3.37. The minimum atomic E-state index is -0.176. The molecule has 0 saturated carbocycles. The number of nitrogens with zero attached hydrogens (tertiary/aromatic N) is 2. The molecule has 6 heteroatoms. The van der Waals surface area contributed by atoms with E-state index in [-0.39, 0.29) is 18.7 Å². The molecule has 5 nitrogen and oxygen atoms in total. The van der Waals surface area contributed by atoms with Gasteiger partial charge >= 0.3 is 0 Å². The summed E-state index contributed by atoms with van der Waals surface area (Å²) in [5.74, 6) is 1.02. The molecule has 0 bridgehead atoms. The average molecular weight is 426 g/mol. The second kappa shape index (κ2) is 10.3. The zero-order chi connectivity index (χ0) is 21.5. The third-order valence-corrected chi connectivity index (χ3v) is 5.60. The second-order valence-electron chi connectivity index (χ2n) is 7.35. The Bertz CT molecular complexity index is 951. The first kappa shape index (κ1) is 21.9. The van der Waals surface area contributed by atoms with Crippen molar-refractivity contribution in [2.45, 2.75) is 52.3 Å². The third kappa shape index (κ3) is 5.42. The van der Waals surface area contributed by atoms with Gasteiger partial charge in [-0.25, -0.2) is 4.68 Å². The summed E-state index contributed by atoms with van der Waals surface area (Å²) >= 11 is 5.90. The third-order valence-electron chi connectivity index (χ3n) is 5.35. The molecular formula is C24H28ClN3O2. The van der Waals surface area contributed by atoms with E-state index in [1.165, 1.54) is 5.56 Å². The van der Waals surface area contributed by atoms with Crippen molar-refractivity contribution < 1.29 is 9.53 Å². The Hall–Kier alpha value is -2.79. The lowest BCUT2D eigenvalue weighted by Gasteiger charge is -2.19. The fourth-order valence-electron chi connectivity index (χ4n) is 3.24. The van der Waals surface area contributed by atoms with Crippen LogP contribution in [0.25, 0.3) is 0 Å². The van der Waals surface area contributed by atoms with Crippen LogP contribution in [0.15, 0.2) is 60.8 Å². The van der Waals surface area contributed by atoms with Crippen LogP contribution in [0.1, 0.15) is 67.2 Å². The Balaban J connectivity index is 1.66. The molecule has 0 saturated heterocycles. The second-order valence-corrected chi connectivity index (χ2v) is 7.79. The SMILES string of the molecule is CCC(C)c1ccc(C(CC)NC(=O)c2ccnn2COc2ccc(Cl)cc2)cc1. The Morgan fingerprint density at radius 2 is 1.70 bits per heavy atom. The highest BCUT2D eigenvalue weighted by molar-refractivity contribution is 6.30. The molecule has 3 rings (SSSR count). The predicted molar refractivity (Wildman–Crippen MR) is 120 cm³/mol. The number of ether oxygens (including phenoxy) is 1. The summed E-state index contributed by atoms with van der Waals surface area (Å²) in [7, 11) is 0. The number of carbonyl (C=O) groups excluding carboxylic acids is 1. The molecule has 0 aliphatic rings.